The van der Waals surface area contributed by atoms with Gasteiger partial charge in [0.25, 0.3) is 0 Å². The van der Waals surface area contributed by atoms with Crippen molar-refractivity contribution in [3.63, 3.8) is 0 Å². The van der Waals surface area contributed by atoms with Gasteiger partial charge in [0.15, 0.2) is 10.3 Å². The van der Waals surface area contributed by atoms with Gasteiger partial charge in [-0.05, 0) is 13.8 Å². The van der Waals surface area contributed by atoms with Crippen LogP contribution in [0, 0.1) is 13.8 Å². The molecular formula is C21H18N4OS2. The van der Waals surface area contributed by atoms with Gasteiger partial charge in [-0.3, -0.25) is 10.6 Å². The molecule has 7 heteroatoms. The molecule has 5 nitrogen and oxygen atoms in total. The van der Waals surface area contributed by atoms with E-state index < -0.39 is 0 Å². The summed E-state index contributed by atoms with van der Waals surface area (Å²) in [7, 11) is 0. The molecule has 28 heavy (non-hydrogen) atoms. The zero-order chi connectivity index (χ0) is 19.5. The second kappa shape index (κ2) is 7.92. The van der Waals surface area contributed by atoms with Crippen molar-refractivity contribution in [3.05, 3.63) is 70.4 Å². The third kappa shape index (κ3) is 3.95. The lowest BCUT2D eigenvalue weighted by atomic mass is 10.1. The number of hydrogen-bond acceptors (Lipinski definition) is 5. The molecule has 0 bridgehead atoms. The van der Waals surface area contributed by atoms with Gasteiger partial charge in [0.1, 0.15) is 0 Å². The highest BCUT2D eigenvalue weighted by Crippen LogP contribution is 2.32. The number of nitrogens with one attached hydrogen (secondary N) is 2. The average molecular weight is 407 g/mol. The number of carbonyl (C=O) groups is 1. The highest BCUT2D eigenvalue weighted by molar-refractivity contribution is 7.16. The molecule has 4 aromatic rings. The van der Waals surface area contributed by atoms with Crippen molar-refractivity contribution < 1.29 is 4.79 Å². The topological polar surface area (TPSA) is 66.9 Å². The zero-order valence-corrected chi connectivity index (χ0v) is 17.0. The van der Waals surface area contributed by atoms with Crippen LogP contribution >= 0.6 is 22.7 Å². The number of hydrogen-bond donors (Lipinski definition) is 2. The summed E-state index contributed by atoms with van der Waals surface area (Å²) in [5, 5.41) is 6.75. The molecule has 0 saturated heterocycles. The highest BCUT2D eigenvalue weighted by atomic mass is 32.1. The summed E-state index contributed by atoms with van der Waals surface area (Å²) in [6.45, 7) is 4.00. The number of nitrogens with zero attached hydrogens (tertiary/aromatic N) is 2. The number of anilines is 2. The Labute approximate surface area is 171 Å². The second-order valence-corrected chi connectivity index (χ2v) is 8.57. The summed E-state index contributed by atoms with van der Waals surface area (Å²) in [5.41, 5.74) is 3.84. The van der Waals surface area contributed by atoms with Gasteiger partial charge in [-0.25, -0.2) is 14.8 Å². The monoisotopic (exact) mass is 406 g/mol. The number of aromatic nitrogens is 2. The molecule has 0 saturated carbocycles. The zero-order valence-electron chi connectivity index (χ0n) is 15.4. The summed E-state index contributed by atoms with van der Waals surface area (Å²) >= 11 is 2.91. The molecule has 140 valence electrons. The van der Waals surface area contributed by atoms with E-state index in [1.165, 1.54) is 22.7 Å². The van der Waals surface area contributed by atoms with Crippen LogP contribution in [-0.4, -0.2) is 16.0 Å². The van der Waals surface area contributed by atoms with E-state index in [4.69, 9.17) is 0 Å². The lowest BCUT2D eigenvalue weighted by Crippen LogP contribution is -2.19. The van der Waals surface area contributed by atoms with Crippen LogP contribution in [-0.2, 0) is 0 Å². The SMILES string of the molecule is Cc1sc(NC(=O)Nc2nc(-c3ccccc3)c(C)s2)nc1-c1ccccc1. The van der Waals surface area contributed by atoms with Crippen LogP contribution in [0.25, 0.3) is 22.5 Å². The van der Waals surface area contributed by atoms with Crippen molar-refractivity contribution in [2.24, 2.45) is 0 Å². The number of rotatable bonds is 4. The quantitative estimate of drug-likeness (QED) is 0.424. The standard InChI is InChI=1S/C21H18N4OS2/c1-13-17(15-9-5-3-6-10-15)22-20(27-13)24-19(26)25-21-23-18(14(2)28-21)16-11-7-4-8-12-16/h3-12H,1-2H3,(H2,22,23,24,25,26). The van der Waals surface area contributed by atoms with Crippen LogP contribution in [0.5, 0.6) is 0 Å². The number of aryl methyl sites for hydroxylation is 2. The third-order valence-electron chi connectivity index (χ3n) is 4.13. The molecule has 0 aliphatic heterocycles. The smallest absolute Gasteiger partial charge is 0.283 e. The predicted molar refractivity (Wildman–Crippen MR) is 117 cm³/mol. The van der Waals surface area contributed by atoms with Gasteiger partial charge < -0.3 is 0 Å². The van der Waals surface area contributed by atoms with Crippen LogP contribution in [0.1, 0.15) is 9.75 Å². The Morgan fingerprint density at radius 3 is 1.50 bits per heavy atom. The normalized spacial score (nSPS) is 10.6. The maximum Gasteiger partial charge on any atom is 0.327 e. The Morgan fingerprint density at radius 2 is 1.11 bits per heavy atom. The van der Waals surface area contributed by atoms with Gasteiger partial charge in [-0.1, -0.05) is 60.7 Å². The van der Waals surface area contributed by atoms with Crippen molar-refractivity contribution in [3.8, 4) is 22.5 Å². The summed E-state index contributed by atoms with van der Waals surface area (Å²) < 4.78 is 0. The number of carbonyl (C=O) groups excluding carboxylic acids is 1. The van der Waals surface area contributed by atoms with E-state index >= 15 is 0 Å². The Balaban J connectivity index is 1.47. The maximum absolute atomic E-state index is 12.4. The number of amides is 2. The third-order valence-corrected chi connectivity index (χ3v) is 5.90. The second-order valence-electron chi connectivity index (χ2n) is 6.16. The minimum atomic E-state index is -0.346. The van der Waals surface area contributed by atoms with Crippen molar-refractivity contribution in [1.82, 2.24) is 9.97 Å². The van der Waals surface area contributed by atoms with Crippen LogP contribution in [0.4, 0.5) is 15.1 Å². The first-order valence-corrected chi connectivity index (χ1v) is 10.4. The van der Waals surface area contributed by atoms with Crippen LogP contribution in [0.3, 0.4) is 0 Å². The number of benzene rings is 2. The molecule has 2 amide bonds. The molecule has 0 aliphatic carbocycles. The van der Waals surface area contributed by atoms with E-state index in [2.05, 4.69) is 20.6 Å². The van der Waals surface area contributed by atoms with E-state index in [0.717, 1.165) is 32.3 Å². The Kier molecular flexibility index (Phi) is 5.18. The first kappa shape index (κ1) is 18.3. The molecule has 0 aliphatic rings. The van der Waals surface area contributed by atoms with Gasteiger partial charge in [-0.2, -0.15) is 0 Å². The maximum atomic E-state index is 12.4. The predicted octanol–water partition coefficient (Wildman–Crippen LogP) is 6.19. The molecule has 0 unspecified atom stereocenters. The molecule has 0 spiro atoms. The van der Waals surface area contributed by atoms with Crippen LogP contribution in [0.15, 0.2) is 60.7 Å². The fraction of sp³-hybridized carbons (Fsp3) is 0.0952. The van der Waals surface area contributed by atoms with E-state index in [1.807, 2.05) is 74.5 Å². The van der Waals surface area contributed by atoms with Gasteiger partial charge in [0.05, 0.1) is 11.4 Å². The van der Waals surface area contributed by atoms with E-state index in [1.54, 1.807) is 0 Å². The molecule has 2 aromatic heterocycles. The van der Waals surface area contributed by atoms with Crippen molar-refractivity contribution in [1.29, 1.82) is 0 Å². The molecule has 2 heterocycles. The molecule has 0 radical (unpaired) electrons. The van der Waals surface area contributed by atoms with Gasteiger partial charge >= 0.3 is 6.03 Å². The molecule has 2 aromatic carbocycles. The molecule has 4 rings (SSSR count). The molecule has 2 N–H and O–H groups in total. The molecular weight excluding hydrogens is 388 g/mol. The Morgan fingerprint density at radius 1 is 0.714 bits per heavy atom. The number of urea groups is 1. The van der Waals surface area contributed by atoms with Crippen molar-refractivity contribution >= 4 is 39.0 Å². The first-order valence-electron chi connectivity index (χ1n) is 8.74. The molecule has 0 atom stereocenters. The van der Waals surface area contributed by atoms with Crippen LogP contribution < -0.4 is 10.6 Å². The summed E-state index contributed by atoms with van der Waals surface area (Å²) in [4.78, 5) is 23.6. The van der Waals surface area contributed by atoms with E-state index in [0.29, 0.717) is 10.3 Å². The number of thiazole rings is 2. The highest BCUT2D eigenvalue weighted by Gasteiger charge is 2.14. The summed E-state index contributed by atoms with van der Waals surface area (Å²) in [5.74, 6) is 0. The van der Waals surface area contributed by atoms with E-state index in [-0.39, 0.29) is 6.03 Å². The Bertz CT molecular complexity index is 1020. The van der Waals surface area contributed by atoms with Crippen molar-refractivity contribution in [2.75, 3.05) is 10.6 Å². The molecule has 0 fully saturated rings. The minimum Gasteiger partial charge on any atom is -0.283 e. The lowest BCUT2D eigenvalue weighted by molar-refractivity contribution is 0.262. The fourth-order valence-electron chi connectivity index (χ4n) is 2.85. The van der Waals surface area contributed by atoms with Crippen molar-refractivity contribution in [2.45, 2.75) is 13.8 Å². The summed E-state index contributed by atoms with van der Waals surface area (Å²) in [6.07, 6.45) is 0. The van der Waals surface area contributed by atoms with Gasteiger partial charge in [0.2, 0.25) is 0 Å². The average Bonchev–Trinajstić information content (AvgIpc) is 3.25. The summed E-state index contributed by atoms with van der Waals surface area (Å²) in [6, 6.07) is 19.5. The van der Waals surface area contributed by atoms with Gasteiger partial charge in [-0.15, -0.1) is 22.7 Å². The lowest BCUT2D eigenvalue weighted by Gasteiger charge is -2.01. The fourth-order valence-corrected chi connectivity index (χ4v) is 4.51. The van der Waals surface area contributed by atoms with Crippen LogP contribution in [0.2, 0.25) is 0 Å². The Hall–Kier alpha value is -3.03. The first-order chi connectivity index (χ1) is 13.6. The largest absolute Gasteiger partial charge is 0.327 e. The van der Waals surface area contributed by atoms with E-state index in [9.17, 15) is 4.79 Å². The van der Waals surface area contributed by atoms with Gasteiger partial charge in [0, 0.05) is 20.9 Å². The minimum absolute atomic E-state index is 0.346.